The molecule has 27 heavy (non-hydrogen) atoms. The molecule has 8 nitrogen and oxygen atoms in total. The van der Waals surface area contributed by atoms with Gasteiger partial charge in [0, 0.05) is 25.2 Å². The van der Waals surface area contributed by atoms with Crippen LogP contribution in [0, 0.1) is 0 Å². The van der Waals surface area contributed by atoms with Crippen LogP contribution in [-0.2, 0) is 4.74 Å². The molecule has 150 valence electrons. The fraction of sp³-hybridized carbons (Fsp3) is 0.556. The summed E-state index contributed by atoms with van der Waals surface area (Å²) in [7, 11) is 2.81. The first-order chi connectivity index (χ1) is 13.0. The van der Waals surface area contributed by atoms with Gasteiger partial charge in [0.05, 0.1) is 31.4 Å². The van der Waals surface area contributed by atoms with Gasteiger partial charge in [-0.2, -0.15) is 0 Å². The van der Waals surface area contributed by atoms with Crippen molar-refractivity contribution in [3.63, 3.8) is 0 Å². The molecule has 2 rings (SSSR count). The van der Waals surface area contributed by atoms with Gasteiger partial charge in [0.25, 0.3) is 5.91 Å². The zero-order valence-corrected chi connectivity index (χ0v) is 16.4. The Morgan fingerprint density at radius 2 is 2.11 bits per heavy atom. The van der Waals surface area contributed by atoms with E-state index in [0.717, 1.165) is 25.9 Å². The highest BCUT2D eigenvalue weighted by atomic mass is 35.5. The Bertz CT molecular complexity index is 650. The molecule has 0 bridgehead atoms. The minimum atomic E-state index is -0.491. The van der Waals surface area contributed by atoms with Gasteiger partial charge in [0.2, 0.25) is 0 Å². The molecule has 3 N–H and O–H groups in total. The number of methoxy groups -OCH3 is 2. The number of alkyl carbamates (subject to hydrolysis) is 1. The van der Waals surface area contributed by atoms with E-state index in [0.29, 0.717) is 41.7 Å². The van der Waals surface area contributed by atoms with E-state index in [4.69, 9.17) is 21.1 Å². The largest absolute Gasteiger partial charge is 0.493 e. The normalized spacial score (nSPS) is 16.3. The molecule has 9 heteroatoms. The van der Waals surface area contributed by atoms with Crippen LogP contribution in [0.25, 0.3) is 0 Å². The molecule has 1 aliphatic rings. The van der Waals surface area contributed by atoms with E-state index in [1.165, 1.54) is 14.2 Å². The van der Waals surface area contributed by atoms with Crippen LogP contribution in [0.15, 0.2) is 12.1 Å². The second kappa shape index (κ2) is 10.8. The molecule has 0 aromatic heterocycles. The van der Waals surface area contributed by atoms with Crippen molar-refractivity contribution < 1.29 is 23.8 Å². The van der Waals surface area contributed by atoms with E-state index in [9.17, 15) is 9.59 Å². The molecule has 1 saturated heterocycles. The standard InChI is InChI=1S/C18H26ClN3O5/c1-25-15-10-14(19)13(17(23)22-12-5-3-6-20-11-12)9-16(15)27-8-4-7-21-18(24)26-2/h9-10,12,20H,3-8,11H2,1-2H3,(H,21,24)(H,22,23)/t12-/m1/s1. The van der Waals surface area contributed by atoms with Crippen molar-refractivity contribution in [2.45, 2.75) is 25.3 Å². The number of carbonyl (C=O) groups is 2. The van der Waals surface area contributed by atoms with Gasteiger partial charge in [-0.25, -0.2) is 4.79 Å². The van der Waals surface area contributed by atoms with E-state index >= 15 is 0 Å². The Hall–Kier alpha value is -2.19. The predicted octanol–water partition coefficient (Wildman–Crippen LogP) is 1.96. The fourth-order valence-electron chi connectivity index (χ4n) is 2.74. The fourth-order valence-corrected chi connectivity index (χ4v) is 2.98. The zero-order valence-electron chi connectivity index (χ0n) is 15.6. The molecule has 1 aromatic carbocycles. The summed E-state index contributed by atoms with van der Waals surface area (Å²) in [6.07, 6.45) is 2.03. The highest BCUT2D eigenvalue weighted by Gasteiger charge is 2.20. The van der Waals surface area contributed by atoms with Crippen LogP contribution in [0.4, 0.5) is 4.79 Å². The average molecular weight is 400 g/mol. The van der Waals surface area contributed by atoms with Crippen molar-refractivity contribution in [2.24, 2.45) is 0 Å². The van der Waals surface area contributed by atoms with Crippen molar-refractivity contribution in [2.75, 3.05) is 40.5 Å². The van der Waals surface area contributed by atoms with Crippen molar-refractivity contribution in [3.8, 4) is 11.5 Å². The Kier molecular flexibility index (Phi) is 8.47. The van der Waals surface area contributed by atoms with Gasteiger partial charge in [0.15, 0.2) is 11.5 Å². The van der Waals surface area contributed by atoms with Crippen molar-refractivity contribution in [1.82, 2.24) is 16.0 Å². The molecule has 1 heterocycles. The number of rotatable bonds is 8. The van der Waals surface area contributed by atoms with Crippen molar-refractivity contribution in [1.29, 1.82) is 0 Å². The summed E-state index contributed by atoms with van der Waals surface area (Å²) in [4.78, 5) is 23.6. The quantitative estimate of drug-likeness (QED) is 0.578. The molecular weight excluding hydrogens is 374 g/mol. The summed E-state index contributed by atoms with van der Waals surface area (Å²) in [5, 5.41) is 9.12. The van der Waals surface area contributed by atoms with E-state index in [-0.39, 0.29) is 11.9 Å². The number of amides is 2. The predicted molar refractivity (Wildman–Crippen MR) is 102 cm³/mol. The first kappa shape index (κ1) is 21.1. The molecule has 0 unspecified atom stereocenters. The molecule has 1 aromatic rings. The summed E-state index contributed by atoms with van der Waals surface area (Å²) < 4.78 is 15.5. The third-order valence-electron chi connectivity index (χ3n) is 4.16. The third-order valence-corrected chi connectivity index (χ3v) is 4.48. The van der Waals surface area contributed by atoms with Gasteiger partial charge in [-0.05, 0) is 31.9 Å². The van der Waals surface area contributed by atoms with E-state index < -0.39 is 6.09 Å². The van der Waals surface area contributed by atoms with Gasteiger partial charge >= 0.3 is 6.09 Å². The molecule has 1 aliphatic heterocycles. The summed E-state index contributed by atoms with van der Waals surface area (Å²) in [6, 6.07) is 3.23. The third kappa shape index (κ3) is 6.48. The smallest absolute Gasteiger partial charge is 0.406 e. The van der Waals surface area contributed by atoms with Crippen LogP contribution in [0.2, 0.25) is 5.02 Å². The first-order valence-electron chi connectivity index (χ1n) is 8.89. The van der Waals surface area contributed by atoms with Crippen molar-refractivity contribution >= 4 is 23.6 Å². The molecule has 1 fully saturated rings. The highest BCUT2D eigenvalue weighted by Crippen LogP contribution is 2.33. The van der Waals surface area contributed by atoms with Crippen LogP contribution >= 0.6 is 11.6 Å². The van der Waals surface area contributed by atoms with E-state index in [1.54, 1.807) is 12.1 Å². The number of benzene rings is 1. The van der Waals surface area contributed by atoms with Crippen LogP contribution < -0.4 is 25.4 Å². The Labute approximate surface area is 163 Å². The Balaban J connectivity index is 1.98. The second-order valence-electron chi connectivity index (χ2n) is 6.12. The number of piperidine rings is 1. The monoisotopic (exact) mass is 399 g/mol. The number of ether oxygens (including phenoxy) is 3. The second-order valence-corrected chi connectivity index (χ2v) is 6.53. The lowest BCUT2D eigenvalue weighted by Crippen LogP contribution is -2.45. The minimum absolute atomic E-state index is 0.0817. The lowest BCUT2D eigenvalue weighted by atomic mass is 10.1. The Morgan fingerprint density at radius 3 is 2.78 bits per heavy atom. The van der Waals surface area contributed by atoms with Crippen molar-refractivity contribution in [3.05, 3.63) is 22.7 Å². The molecule has 0 aliphatic carbocycles. The van der Waals surface area contributed by atoms with E-state index in [2.05, 4.69) is 20.7 Å². The van der Waals surface area contributed by atoms with Crippen LogP contribution in [-0.4, -0.2) is 58.5 Å². The van der Waals surface area contributed by atoms with Gasteiger partial charge in [-0.3, -0.25) is 4.79 Å². The lowest BCUT2D eigenvalue weighted by Gasteiger charge is -2.24. The van der Waals surface area contributed by atoms with Gasteiger partial charge < -0.3 is 30.2 Å². The summed E-state index contributed by atoms with van der Waals surface area (Å²) in [6.45, 7) is 2.45. The van der Waals surface area contributed by atoms with Gasteiger partial charge in [-0.1, -0.05) is 11.6 Å². The summed E-state index contributed by atoms with van der Waals surface area (Å²) in [5.74, 6) is 0.622. The molecular formula is C18H26ClN3O5. The van der Waals surface area contributed by atoms with Crippen LogP contribution in [0.1, 0.15) is 29.6 Å². The maximum Gasteiger partial charge on any atom is 0.406 e. The zero-order chi connectivity index (χ0) is 19.6. The number of nitrogens with one attached hydrogen (secondary N) is 3. The molecule has 0 saturated carbocycles. The molecule has 0 radical (unpaired) electrons. The SMILES string of the molecule is COC(=O)NCCCOc1cc(C(=O)N[C@@H]2CCCNC2)c(Cl)cc1OC. The summed E-state index contributed by atoms with van der Waals surface area (Å²) >= 11 is 6.25. The average Bonchev–Trinajstić information content (AvgIpc) is 2.68. The topological polar surface area (TPSA) is 97.9 Å². The molecule has 2 amide bonds. The number of hydrogen-bond donors (Lipinski definition) is 3. The lowest BCUT2D eigenvalue weighted by molar-refractivity contribution is 0.0930. The number of hydrogen-bond acceptors (Lipinski definition) is 6. The number of halogens is 1. The number of carbonyl (C=O) groups excluding carboxylic acids is 2. The highest BCUT2D eigenvalue weighted by molar-refractivity contribution is 6.34. The first-order valence-corrected chi connectivity index (χ1v) is 9.26. The molecule has 0 spiro atoms. The Morgan fingerprint density at radius 1 is 1.30 bits per heavy atom. The van der Waals surface area contributed by atoms with Gasteiger partial charge in [-0.15, -0.1) is 0 Å². The maximum absolute atomic E-state index is 12.6. The maximum atomic E-state index is 12.6. The summed E-state index contributed by atoms with van der Waals surface area (Å²) in [5.41, 5.74) is 0.339. The van der Waals surface area contributed by atoms with Gasteiger partial charge in [0.1, 0.15) is 0 Å². The van der Waals surface area contributed by atoms with Crippen LogP contribution in [0.3, 0.4) is 0 Å². The molecule has 1 atom stereocenters. The van der Waals surface area contributed by atoms with Crippen LogP contribution in [0.5, 0.6) is 11.5 Å². The minimum Gasteiger partial charge on any atom is -0.493 e. The van der Waals surface area contributed by atoms with E-state index in [1.807, 2.05) is 0 Å².